The lowest BCUT2D eigenvalue weighted by Gasteiger charge is -2.37. The first kappa shape index (κ1) is 24.9. The van der Waals surface area contributed by atoms with E-state index in [0.717, 1.165) is 0 Å². The van der Waals surface area contributed by atoms with Crippen LogP contribution < -0.4 is 10.2 Å². The maximum Gasteiger partial charge on any atom is 0.243 e. The second kappa shape index (κ2) is 11.7. The van der Waals surface area contributed by atoms with Crippen LogP contribution in [0.25, 0.3) is 0 Å². The molecule has 0 atom stereocenters. The van der Waals surface area contributed by atoms with Gasteiger partial charge in [-0.15, -0.1) is 24.0 Å². The van der Waals surface area contributed by atoms with E-state index in [1.165, 1.54) is 15.9 Å². The molecule has 0 unspecified atom stereocenters. The molecule has 2 heterocycles. The summed E-state index contributed by atoms with van der Waals surface area (Å²) in [5.74, 6) is 0.245. The fourth-order valence-electron chi connectivity index (χ4n) is 2.60. The lowest BCUT2D eigenvalue weighted by Crippen LogP contribution is -2.54. The summed E-state index contributed by atoms with van der Waals surface area (Å²) in [5.41, 5.74) is 0. The zero-order valence-corrected chi connectivity index (χ0v) is 19.6. The number of likely N-dealkylation sites (N-methyl/N-ethyl adjacent to an activating group) is 2. The number of aliphatic imine (C=N–C) groups is 1. The van der Waals surface area contributed by atoms with Crippen molar-refractivity contribution in [2.45, 2.75) is 0 Å². The molecule has 0 aliphatic carbocycles. The second-order valence-electron chi connectivity index (χ2n) is 6.85. The number of halogens is 2. The van der Waals surface area contributed by atoms with Crippen LogP contribution in [-0.2, 0) is 9.59 Å². The van der Waals surface area contributed by atoms with Crippen LogP contribution in [0.1, 0.15) is 0 Å². The molecule has 9 nitrogen and oxygen atoms in total. The normalized spacial score (nSPS) is 14.2. The van der Waals surface area contributed by atoms with E-state index >= 15 is 0 Å². The lowest BCUT2D eigenvalue weighted by molar-refractivity contribution is -0.127. The standard InChI is InChI=1S/C18H28FN7O2.HI/c1-23(2)15(27)12-21-18(22-13-16(28)24(3)4)26-10-8-25(9-11-26)17-14(19)6-5-7-20-17;/h5-7H,8-13H2,1-4H3,(H,21,22);1H. The number of amides is 2. The lowest BCUT2D eigenvalue weighted by atomic mass is 10.3. The van der Waals surface area contributed by atoms with Crippen molar-refractivity contribution >= 4 is 47.6 Å². The number of piperazine rings is 1. The highest BCUT2D eigenvalue weighted by molar-refractivity contribution is 14.0. The Hall–Kier alpha value is -2.18. The maximum absolute atomic E-state index is 14.0. The molecule has 0 aromatic carbocycles. The Morgan fingerprint density at radius 2 is 1.76 bits per heavy atom. The number of nitrogens with one attached hydrogen (secondary N) is 1. The SMILES string of the molecule is CN(C)C(=O)CN=C(NCC(=O)N(C)C)N1CCN(c2ncccc2F)CC1.I. The van der Waals surface area contributed by atoms with E-state index in [1.807, 2.05) is 9.80 Å². The van der Waals surface area contributed by atoms with E-state index in [-0.39, 0.29) is 54.7 Å². The van der Waals surface area contributed by atoms with Gasteiger partial charge in [-0.05, 0) is 12.1 Å². The number of hydrogen-bond acceptors (Lipinski definition) is 5. The zero-order valence-electron chi connectivity index (χ0n) is 17.3. The number of hydrogen-bond donors (Lipinski definition) is 1. The summed E-state index contributed by atoms with van der Waals surface area (Å²) < 4.78 is 14.0. The summed E-state index contributed by atoms with van der Waals surface area (Å²) in [7, 11) is 6.69. The fourth-order valence-corrected chi connectivity index (χ4v) is 2.60. The molecule has 1 aliphatic heterocycles. The van der Waals surface area contributed by atoms with E-state index in [1.54, 1.807) is 40.5 Å². The minimum Gasteiger partial charge on any atom is -0.351 e. The van der Waals surface area contributed by atoms with Crippen molar-refractivity contribution in [3.05, 3.63) is 24.1 Å². The average molecular weight is 521 g/mol. The van der Waals surface area contributed by atoms with Crippen LogP contribution in [0.4, 0.5) is 10.2 Å². The first-order chi connectivity index (χ1) is 13.3. The van der Waals surface area contributed by atoms with Gasteiger partial charge in [0.25, 0.3) is 0 Å². The number of pyridine rings is 1. The van der Waals surface area contributed by atoms with Crippen molar-refractivity contribution in [3.63, 3.8) is 0 Å². The highest BCUT2D eigenvalue weighted by atomic mass is 127. The number of guanidine groups is 1. The van der Waals surface area contributed by atoms with E-state index in [2.05, 4.69) is 15.3 Å². The Labute approximate surface area is 188 Å². The number of nitrogens with zero attached hydrogens (tertiary/aromatic N) is 6. The molecule has 2 rings (SSSR count). The van der Waals surface area contributed by atoms with Crippen LogP contribution >= 0.6 is 24.0 Å². The van der Waals surface area contributed by atoms with E-state index in [0.29, 0.717) is 38.0 Å². The van der Waals surface area contributed by atoms with Gasteiger partial charge in [0.2, 0.25) is 11.8 Å². The number of carbonyl (C=O) groups excluding carboxylic acids is 2. The molecule has 1 aliphatic rings. The molecule has 11 heteroatoms. The molecule has 1 saturated heterocycles. The highest BCUT2D eigenvalue weighted by Crippen LogP contribution is 2.17. The Kier molecular flexibility index (Phi) is 10.1. The van der Waals surface area contributed by atoms with Gasteiger partial charge in [0.15, 0.2) is 17.6 Å². The zero-order chi connectivity index (χ0) is 20.7. The van der Waals surface area contributed by atoms with Crippen LogP contribution in [0.15, 0.2) is 23.3 Å². The van der Waals surface area contributed by atoms with Gasteiger partial charge < -0.3 is 24.9 Å². The summed E-state index contributed by atoms with van der Waals surface area (Å²) >= 11 is 0. The largest absolute Gasteiger partial charge is 0.351 e. The van der Waals surface area contributed by atoms with Crippen LogP contribution in [0, 0.1) is 5.82 Å². The van der Waals surface area contributed by atoms with Crippen LogP contribution in [0.3, 0.4) is 0 Å². The number of aromatic nitrogens is 1. The smallest absolute Gasteiger partial charge is 0.243 e. The Balaban J connectivity index is 0.00000420. The van der Waals surface area contributed by atoms with Crippen molar-refractivity contribution in [1.82, 2.24) is 25.0 Å². The number of anilines is 1. The van der Waals surface area contributed by atoms with Crippen molar-refractivity contribution in [3.8, 4) is 0 Å². The molecular formula is C18H29FIN7O2. The maximum atomic E-state index is 14.0. The van der Waals surface area contributed by atoms with Gasteiger partial charge in [-0.2, -0.15) is 0 Å². The quantitative estimate of drug-likeness (QED) is 0.336. The Morgan fingerprint density at radius 3 is 2.31 bits per heavy atom. The molecule has 1 fully saturated rings. The summed E-state index contributed by atoms with van der Waals surface area (Å²) in [6, 6.07) is 2.95. The first-order valence-electron chi connectivity index (χ1n) is 9.08. The third-order valence-electron chi connectivity index (χ3n) is 4.38. The third kappa shape index (κ3) is 7.29. The minimum absolute atomic E-state index is 0. The molecular weight excluding hydrogens is 492 g/mol. The molecule has 29 heavy (non-hydrogen) atoms. The van der Waals surface area contributed by atoms with E-state index in [9.17, 15) is 14.0 Å². The van der Waals surface area contributed by atoms with Gasteiger partial charge in [0, 0.05) is 60.6 Å². The van der Waals surface area contributed by atoms with Crippen molar-refractivity contribution in [2.24, 2.45) is 4.99 Å². The van der Waals surface area contributed by atoms with Gasteiger partial charge in [0.05, 0.1) is 6.54 Å². The van der Waals surface area contributed by atoms with Crippen molar-refractivity contribution < 1.29 is 14.0 Å². The third-order valence-corrected chi connectivity index (χ3v) is 4.38. The highest BCUT2D eigenvalue weighted by Gasteiger charge is 2.23. The first-order valence-corrected chi connectivity index (χ1v) is 9.08. The van der Waals surface area contributed by atoms with E-state index in [4.69, 9.17) is 0 Å². The molecule has 1 aromatic rings. The summed E-state index contributed by atoms with van der Waals surface area (Å²) in [4.78, 5) is 39.1. The average Bonchev–Trinajstić information content (AvgIpc) is 2.68. The summed E-state index contributed by atoms with van der Waals surface area (Å²) in [6.07, 6.45) is 1.57. The van der Waals surface area contributed by atoms with Crippen LogP contribution in [-0.4, -0.2) is 105 Å². The molecule has 1 N–H and O–H groups in total. The van der Waals surface area contributed by atoms with Crippen LogP contribution in [0.2, 0.25) is 0 Å². The molecule has 0 saturated carbocycles. The molecule has 0 radical (unpaired) electrons. The number of rotatable bonds is 5. The minimum atomic E-state index is -0.351. The van der Waals surface area contributed by atoms with Gasteiger partial charge >= 0.3 is 0 Å². The Morgan fingerprint density at radius 1 is 1.14 bits per heavy atom. The van der Waals surface area contributed by atoms with Gasteiger partial charge in [-0.1, -0.05) is 0 Å². The van der Waals surface area contributed by atoms with Gasteiger partial charge in [-0.25, -0.2) is 14.4 Å². The molecule has 162 valence electrons. The monoisotopic (exact) mass is 521 g/mol. The van der Waals surface area contributed by atoms with Crippen molar-refractivity contribution in [1.29, 1.82) is 0 Å². The van der Waals surface area contributed by atoms with E-state index < -0.39 is 0 Å². The van der Waals surface area contributed by atoms with Crippen molar-refractivity contribution in [2.75, 3.05) is 72.4 Å². The fraction of sp³-hybridized carbons (Fsp3) is 0.556. The predicted octanol–water partition coefficient (Wildman–Crippen LogP) is 0.0827. The Bertz CT molecular complexity index is 722. The molecule has 0 bridgehead atoms. The van der Waals surface area contributed by atoms with Gasteiger partial charge in [0.1, 0.15) is 6.54 Å². The summed E-state index contributed by atoms with van der Waals surface area (Å²) in [5, 5.41) is 3.04. The topological polar surface area (TPSA) is 84.4 Å². The molecule has 2 amide bonds. The predicted molar refractivity (Wildman–Crippen MR) is 121 cm³/mol. The molecule has 0 spiro atoms. The van der Waals surface area contributed by atoms with Gasteiger partial charge in [-0.3, -0.25) is 9.59 Å². The number of carbonyl (C=O) groups is 2. The second-order valence-corrected chi connectivity index (χ2v) is 6.85. The molecule has 1 aromatic heterocycles. The summed E-state index contributed by atoms with van der Waals surface area (Å²) in [6.45, 7) is 2.30. The van der Waals surface area contributed by atoms with Crippen LogP contribution in [0.5, 0.6) is 0 Å².